The van der Waals surface area contributed by atoms with Crippen LogP contribution in [0, 0.1) is 0 Å². The number of amidine groups is 1. The number of nitrogens with one attached hydrogen (secondary N) is 1. The highest BCUT2D eigenvalue weighted by Gasteiger charge is 2.27. The van der Waals surface area contributed by atoms with Crippen molar-refractivity contribution in [2.75, 3.05) is 25.5 Å². The van der Waals surface area contributed by atoms with Gasteiger partial charge in [0, 0.05) is 37.8 Å². The highest BCUT2D eigenvalue weighted by atomic mass is 32.1. The third-order valence-corrected chi connectivity index (χ3v) is 8.01. The number of aliphatic imine (C=N–C) groups is 1. The number of benzene rings is 1. The van der Waals surface area contributed by atoms with Gasteiger partial charge in [0.2, 0.25) is 0 Å². The molecule has 0 saturated carbocycles. The Morgan fingerprint density at radius 3 is 2.79 bits per heavy atom. The van der Waals surface area contributed by atoms with Crippen molar-refractivity contribution >= 4 is 56.6 Å². The minimum absolute atomic E-state index is 0.00836. The maximum atomic E-state index is 13.2. The van der Waals surface area contributed by atoms with Gasteiger partial charge in [-0.15, -0.1) is 22.7 Å². The summed E-state index contributed by atoms with van der Waals surface area (Å²) in [4.78, 5) is 40.5. The third kappa shape index (κ3) is 4.49. The van der Waals surface area contributed by atoms with E-state index in [0.717, 1.165) is 29.7 Å². The molecule has 1 fully saturated rings. The molecule has 0 unspecified atom stereocenters. The van der Waals surface area contributed by atoms with E-state index in [9.17, 15) is 9.59 Å². The van der Waals surface area contributed by atoms with Gasteiger partial charge in [-0.05, 0) is 48.6 Å². The number of anilines is 1. The van der Waals surface area contributed by atoms with Crippen molar-refractivity contribution in [2.24, 2.45) is 4.99 Å². The zero-order chi connectivity index (χ0) is 23.5. The van der Waals surface area contributed by atoms with E-state index in [1.165, 1.54) is 16.0 Å². The van der Waals surface area contributed by atoms with Crippen molar-refractivity contribution < 1.29 is 9.59 Å². The van der Waals surface area contributed by atoms with Gasteiger partial charge in [0.05, 0.1) is 25.8 Å². The molecule has 4 aromatic rings. The molecule has 1 aliphatic rings. The Hall–Kier alpha value is -3.43. The second-order valence-electron chi connectivity index (χ2n) is 8.03. The van der Waals surface area contributed by atoms with E-state index in [0.29, 0.717) is 46.7 Å². The highest BCUT2D eigenvalue weighted by molar-refractivity contribution is 7.18. The lowest BCUT2D eigenvalue weighted by molar-refractivity contribution is 0.0712. The fraction of sp³-hybridized carbons (Fsp3) is 0.240. The lowest BCUT2D eigenvalue weighted by Crippen LogP contribution is -2.38. The fourth-order valence-electron chi connectivity index (χ4n) is 4.15. The number of carbonyl (C=O) groups is 2. The first-order valence-corrected chi connectivity index (χ1v) is 12.7. The molecule has 0 bridgehead atoms. The Labute approximate surface area is 205 Å². The summed E-state index contributed by atoms with van der Waals surface area (Å²) in [6.45, 7) is 1.39. The Balaban J connectivity index is 1.27. The van der Waals surface area contributed by atoms with E-state index < -0.39 is 0 Å². The smallest absolute Gasteiger partial charge is 0.253 e. The minimum atomic E-state index is -0.00836. The maximum Gasteiger partial charge on any atom is 0.253 e. The number of fused-ring (bicyclic) bond motifs is 1. The van der Waals surface area contributed by atoms with Gasteiger partial charge in [-0.25, -0.2) is 4.98 Å². The molecule has 9 heteroatoms. The molecule has 0 spiro atoms. The molecule has 1 saturated heterocycles. The Bertz CT molecular complexity index is 1340. The molecule has 1 aliphatic heterocycles. The topological polar surface area (TPSA) is 87.5 Å². The number of hydrogen-bond donors (Lipinski definition) is 1. The molecule has 172 valence electrons. The number of piperidine rings is 1. The summed E-state index contributed by atoms with van der Waals surface area (Å²) in [5, 5.41) is 6.16. The second-order valence-corrected chi connectivity index (χ2v) is 10.0. The van der Waals surface area contributed by atoms with E-state index >= 15 is 0 Å². The summed E-state index contributed by atoms with van der Waals surface area (Å²) in [5.41, 5.74) is 2.86. The van der Waals surface area contributed by atoms with Crippen LogP contribution in [0.5, 0.6) is 0 Å². The normalized spacial score (nSPS) is 15.0. The summed E-state index contributed by atoms with van der Waals surface area (Å²) in [6.07, 6.45) is 4.24. The Morgan fingerprint density at radius 2 is 2.03 bits per heavy atom. The SMILES string of the molecule is CN=C(Nc1ccsc1C=O)c1cc(C(=O)N2CCC(c3nc4ccccc4s3)CC2)ccn1. The number of hydrogen-bond acceptors (Lipinski definition) is 7. The third-order valence-electron chi connectivity index (χ3n) is 5.97. The number of para-hydroxylation sites is 1. The second kappa shape index (κ2) is 9.82. The fourth-order valence-corrected chi connectivity index (χ4v) is 5.94. The molecule has 34 heavy (non-hydrogen) atoms. The summed E-state index contributed by atoms with van der Waals surface area (Å²) >= 11 is 3.11. The summed E-state index contributed by atoms with van der Waals surface area (Å²) in [7, 11) is 1.65. The van der Waals surface area contributed by atoms with Gasteiger partial charge in [0.25, 0.3) is 5.91 Å². The van der Waals surface area contributed by atoms with Gasteiger partial charge in [-0.3, -0.25) is 19.6 Å². The van der Waals surface area contributed by atoms with Gasteiger partial charge in [0.1, 0.15) is 5.69 Å². The van der Waals surface area contributed by atoms with E-state index in [4.69, 9.17) is 4.98 Å². The van der Waals surface area contributed by atoms with Crippen LogP contribution in [0.2, 0.25) is 0 Å². The van der Waals surface area contributed by atoms with Crippen LogP contribution in [0.4, 0.5) is 5.69 Å². The monoisotopic (exact) mass is 489 g/mol. The molecule has 1 aromatic carbocycles. The molecule has 1 N–H and O–H groups in total. The first kappa shape index (κ1) is 22.4. The first-order chi connectivity index (χ1) is 16.7. The van der Waals surface area contributed by atoms with Crippen LogP contribution >= 0.6 is 22.7 Å². The lowest BCUT2D eigenvalue weighted by atomic mass is 9.97. The molecular formula is C25H23N5O2S2. The van der Waals surface area contributed by atoms with Crippen LogP contribution in [0.25, 0.3) is 10.2 Å². The van der Waals surface area contributed by atoms with E-state index in [2.05, 4.69) is 27.4 Å². The van der Waals surface area contributed by atoms with E-state index in [1.807, 2.05) is 28.5 Å². The molecule has 3 aromatic heterocycles. The van der Waals surface area contributed by atoms with Gasteiger partial charge in [-0.1, -0.05) is 12.1 Å². The number of amides is 1. The number of pyridine rings is 1. The first-order valence-electron chi connectivity index (χ1n) is 11.0. The molecule has 1 amide bonds. The quantitative estimate of drug-likeness (QED) is 0.240. The van der Waals surface area contributed by atoms with Crippen molar-refractivity contribution in [3.63, 3.8) is 0 Å². The summed E-state index contributed by atoms with van der Waals surface area (Å²) in [6, 6.07) is 13.5. The van der Waals surface area contributed by atoms with Crippen molar-refractivity contribution in [1.82, 2.24) is 14.9 Å². The van der Waals surface area contributed by atoms with Crippen molar-refractivity contribution in [3.05, 3.63) is 75.2 Å². The molecule has 5 rings (SSSR count). The van der Waals surface area contributed by atoms with Crippen LogP contribution in [-0.4, -0.2) is 53.0 Å². The zero-order valence-corrected chi connectivity index (χ0v) is 20.2. The molecule has 4 heterocycles. The Kier molecular flexibility index (Phi) is 6.46. The average molecular weight is 490 g/mol. The van der Waals surface area contributed by atoms with Crippen molar-refractivity contribution in [2.45, 2.75) is 18.8 Å². The average Bonchev–Trinajstić information content (AvgIpc) is 3.53. The predicted molar refractivity (Wildman–Crippen MR) is 138 cm³/mol. The summed E-state index contributed by atoms with van der Waals surface area (Å²) < 4.78 is 1.21. The molecular weight excluding hydrogens is 466 g/mol. The van der Waals surface area contributed by atoms with Gasteiger partial charge >= 0.3 is 0 Å². The largest absolute Gasteiger partial charge is 0.339 e. The number of carbonyl (C=O) groups excluding carboxylic acids is 2. The van der Waals surface area contributed by atoms with Crippen LogP contribution in [0.15, 0.2) is 59.0 Å². The van der Waals surface area contributed by atoms with Crippen molar-refractivity contribution in [3.8, 4) is 0 Å². The Morgan fingerprint density at radius 1 is 1.21 bits per heavy atom. The molecule has 0 aliphatic carbocycles. The van der Waals surface area contributed by atoms with E-state index in [-0.39, 0.29) is 5.91 Å². The van der Waals surface area contributed by atoms with Crippen molar-refractivity contribution in [1.29, 1.82) is 0 Å². The standard InChI is InChI=1S/C25H23N5O2S2/c1-26-23(28-19-9-13-33-22(19)15-31)20-14-17(6-10-27-20)25(32)30-11-7-16(8-12-30)24-29-18-4-2-3-5-21(18)34-24/h2-6,9-10,13-16H,7-8,11-12H2,1H3,(H,26,28). The summed E-state index contributed by atoms with van der Waals surface area (Å²) in [5.74, 6) is 0.881. The predicted octanol–water partition coefficient (Wildman–Crippen LogP) is 5.07. The highest BCUT2D eigenvalue weighted by Crippen LogP contribution is 2.34. The molecule has 7 nitrogen and oxygen atoms in total. The number of likely N-dealkylation sites (tertiary alicyclic amines) is 1. The molecule has 0 radical (unpaired) electrons. The number of aldehydes is 1. The molecule has 0 atom stereocenters. The van der Waals surface area contributed by atoms with Crippen LogP contribution in [0.3, 0.4) is 0 Å². The van der Waals surface area contributed by atoms with Gasteiger partial charge in [0.15, 0.2) is 12.1 Å². The zero-order valence-electron chi connectivity index (χ0n) is 18.6. The van der Waals surface area contributed by atoms with Crippen LogP contribution < -0.4 is 5.32 Å². The van der Waals surface area contributed by atoms with Gasteiger partial charge in [-0.2, -0.15) is 0 Å². The van der Waals surface area contributed by atoms with Crippen LogP contribution in [-0.2, 0) is 0 Å². The minimum Gasteiger partial charge on any atom is -0.339 e. The van der Waals surface area contributed by atoms with Crippen LogP contribution in [0.1, 0.15) is 49.5 Å². The number of aromatic nitrogens is 2. The van der Waals surface area contributed by atoms with Gasteiger partial charge < -0.3 is 10.2 Å². The number of rotatable bonds is 5. The number of nitrogens with zero attached hydrogens (tertiary/aromatic N) is 4. The number of thiophene rings is 1. The van der Waals surface area contributed by atoms with E-state index in [1.54, 1.807) is 36.7 Å². The maximum absolute atomic E-state index is 13.2. The lowest BCUT2D eigenvalue weighted by Gasteiger charge is -2.31. The number of thiazole rings is 1.